The molecule has 160 valence electrons. The number of rotatable bonds is 5. The van der Waals surface area contributed by atoms with Gasteiger partial charge in [-0.1, -0.05) is 36.4 Å². The van der Waals surface area contributed by atoms with E-state index >= 15 is 0 Å². The second kappa shape index (κ2) is 8.30. The maximum absolute atomic E-state index is 13.7. The molecular weight excluding hydrogens is 405 g/mol. The second-order valence-electron chi connectivity index (χ2n) is 7.91. The summed E-state index contributed by atoms with van der Waals surface area (Å²) < 4.78 is 13.7. The van der Waals surface area contributed by atoms with Crippen molar-refractivity contribution in [2.24, 2.45) is 0 Å². The molecule has 0 bridgehead atoms. The Morgan fingerprint density at radius 3 is 2.12 bits per heavy atom. The van der Waals surface area contributed by atoms with E-state index < -0.39 is 17.6 Å². The van der Waals surface area contributed by atoms with Gasteiger partial charge in [-0.2, -0.15) is 0 Å². The van der Waals surface area contributed by atoms with Crippen LogP contribution in [0.3, 0.4) is 0 Å². The summed E-state index contributed by atoms with van der Waals surface area (Å²) in [4.78, 5) is 30.3. The van der Waals surface area contributed by atoms with E-state index in [1.54, 1.807) is 36.4 Å². The molecular formula is C26H22FN3O2. The molecule has 3 aromatic carbocycles. The number of nitrogens with one attached hydrogen (secondary N) is 1. The lowest BCUT2D eigenvalue weighted by atomic mass is 10.0. The zero-order valence-electron chi connectivity index (χ0n) is 17.4. The van der Waals surface area contributed by atoms with Crippen molar-refractivity contribution in [1.82, 2.24) is 0 Å². The maximum atomic E-state index is 13.7. The molecule has 2 aliphatic heterocycles. The monoisotopic (exact) mass is 427 g/mol. The Morgan fingerprint density at radius 1 is 0.750 bits per heavy atom. The Morgan fingerprint density at radius 2 is 1.44 bits per heavy atom. The minimum Gasteiger partial charge on any atom is -0.372 e. The van der Waals surface area contributed by atoms with E-state index in [-0.39, 0.29) is 11.3 Å². The first-order chi connectivity index (χ1) is 15.6. The van der Waals surface area contributed by atoms with Gasteiger partial charge in [0.05, 0.1) is 11.3 Å². The maximum Gasteiger partial charge on any atom is 0.282 e. The molecule has 5 nitrogen and oxygen atoms in total. The van der Waals surface area contributed by atoms with Gasteiger partial charge in [0.1, 0.15) is 11.5 Å². The van der Waals surface area contributed by atoms with Gasteiger partial charge in [0.2, 0.25) is 0 Å². The Bertz CT molecular complexity index is 1200. The fourth-order valence-corrected chi connectivity index (χ4v) is 4.25. The highest BCUT2D eigenvalue weighted by molar-refractivity contribution is 6.46. The van der Waals surface area contributed by atoms with Crippen molar-refractivity contribution in [2.45, 2.75) is 12.8 Å². The molecule has 32 heavy (non-hydrogen) atoms. The molecule has 5 rings (SSSR count). The molecule has 0 unspecified atom stereocenters. The third-order valence-corrected chi connectivity index (χ3v) is 5.82. The van der Waals surface area contributed by atoms with Crippen LogP contribution in [0.5, 0.6) is 0 Å². The normalized spacial score (nSPS) is 16.3. The molecule has 0 atom stereocenters. The summed E-state index contributed by atoms with van der Waals surface area (Å²) in [6.07, 6.45) is 2.34. The van der Waals surface area contributed by atoms with E-state index in [2.05, 4.69) is 10.2 Å². The Labute approximate surface area is 185 Å². The molecule has 1 N–H and O–H groups in total. The number of hydrogen-bond acceptors (Lipinski definition) is 4. The Hall–Kier alpha value is -3.93. The average Bonchev–Trinajstić information content (AvgIpc) is 3.42. The standard InChI is InChI=1S/C26H22FN3O2/c27-19-9-6-10-20(17-19)28-24-23(18-7-2-1-3-8-18)25(31)30(26(24)32)22-13-11-21(12-14-22)29-15-4-5-16-29/h1-3,6-14,17,28H,4-5,15-16H2. The third-order valence-electron chi connectivity index (χ3n) is 5.82. The highest BCUT2D eigenvalue weighted by Gasteiger charge is 2.40. The predicted octanol–water partition coefficient (Wildman–Crippen LogP) is 4.82. The zero-order chi connectivity index (χ0) is 22.1. The van der Waals surface area contributed by atoms with Crippen LogP contribution in [0.2, 0.25) is 0 Å². The third kappa shape index (κ3) is 3.64. The number of nitrogens with zero attached hydrogens (tertiary/aromatic N) is 2. The molecule has 0 aliphatic carbocycles. The summed E-state index contributed by atoms with van der Waals surface area (Å²) >= 11 is 0. The summed E-state index contributed by atoms with van der Waals surface area (Å²) in [6.45, 7) is 2.03. The zero-order valence-corrected chi connectivity index (χ0v) is 17.4. The van der Waals surface area contributed by atoms with Gasteiger partial charge in [-0.05, 0) is 60.9 Å². The van der Waals surface area contributed by atoms with Crippen molar-refractivity contribution in [1.29, 1.82) is 0 Å². The van der Waals surface area contributed by atoms with Gasteiger partial charge >= 0.3 is 0 Å². The van der Waals surface area contributed by atoms with Crippen molar-refractivity contribution in [3.8, 4) is 0 Å². The Kier molecular flexibility index (Phi) is 5.19. The van der Waals surface area contributed by atoms with Crippen LogP contribution in [0.1, 0.15) is 18.4 Å². The van der Waals surface area contributed by atoms with E-state index in [1.807, 2.05) is 30.3 Å². The SMILES string of the molecule is O=C1C(Nc2cccc(F)c2)=C(c2ccccc2)C(=O)N1c1ccc(N2CCCC2)cc1. The van der Waals surface area contributed by atoms with Crippen LogP contribution in [0.25, 0.3) is 5.57 Å². The van der Waals surface area contributed by atoms with Gasteiger partial charge in [0.25, 0.3) is 11.8 Å². The van der Waals surface area contributed by atoms with Crippen LogP contribution in [-0.2, 0) is 9.59 Å². The molecule has 2 aliphatic rings. The van der Waals surface area contributed by atoms with Gasteiger partial charge < -0.3 is 10.2 Å². The molecule has 2 amide bonds. The predicted molar refractivity (Wildman–Crippen MR) is 124 cm³/mol. The van der Waals surface area contributed by atoms with Crippen molar-refractivity contribution < 1.29 is 14.0 Å². The molecule has 1 fully saturated rings. The highest BCUT2D eigenvalue weighted by atomic mass is 19.1. The van der Waals surface area contributed by atoms with Gasteiger partial charge in [-0.15, -0.1) is 0 Å². The van der Waals surface area contributed by atoms with Crippen LogP contribution in [0, 0.1) is 5.82 Å². The van der Waals surface area contributed by atoms with E-state index in [0.29, 0.717) is 16.9 Å². The van der Waals surface area contributed by atoms with Crippen LogP contribution >= 0.6 is 0 Å². The fraction of sp³-hybridized carbons (Fsp3) is 0.154. The number of carbonyl (C=O) groups is 2. The summed E-state index contributed by atoms with van der Waals surface area (Å²) in [6, 6.07) is 22.4. The first kappa shape index (κ1) is 20.0. The van der Waals surface area contributed by atoms with Crippen molar-refractivity contribution in [3.05, 3.63) is 95.9 Å². The second-order valence-corrected chi connectivity index (χ2v) is 7.91. The number of carbonyl (C=O) groups excluding carboxylic acids is 2. The lowest BCUT2D eigenvalue weighted by molar-refractivity contribution is -0.120. The molecule has 6 heteroatoms. The number of benzene rings is 3. The highest BCUT2D eigenvalue weighted by Crippen LogP contribution is 2.34. The molecule has 3 aromatic rings. The Balaban J connectivity index is 1.51. The number of anilines is 3. The van der Waals surface area contributed by atoms with Gasteiger partial charge in [-0.3, -0.25) is 9.59 Å². The molecule has 0 saturated carbocycles. The largest absolute Gasteiger partial charge is 0.372 e. The summed E-state index contributed by atoms with van der Waals surface area (Å²) in [7, 11) is 0. The van der Waals surface area contributed by atoms with E-state index in [1.165, 1.54) is 29.9 Å². The van der Waals surface area contributed by atoms with Crippen LogP contribution in [-0.4, -0.2) is 24.9 Å². The van der Waals surface area contributed by atoms with Crippen molar-refractivity contribution in [3.63, 3.8) is 0 Å². The molecule has 0 spiro atoms. The summed E-state index contributed by atoms with van der Waals surface area (Å²) in [5.74, 6) is -1.30. The molecule has 2 heterocycles. The fourth-order valence-electron chi connectivity index (χ4n) is 4.25. The van der Waals surface area contributed by atoms with Crippen molar-refractivity contribution in [2.75, 3.05) is 28.2 Å². The number of hydrogen-bond donors (Lipinski definition) is 1. The summed E-state index contributed by atoms with van der Waals surface area (Å²) in [5.41, 5.74) is 3.02. The molecule has 0 radical (unpaired) electrons. The number of imide groups is 1. The van der Waals surface area contributed by atoms with Crippen molar-refractivity contribution >= 4 is 34.4 Å². The smallest absolute Gasteiger partial charge is 0.282 e. The lowest BCUT2D eigenvalue weighted by Crippen LogP contribution is -2.32. The summed E-state index contributed by atoms with van der Waals surface area (Å²) in [5, 5.41) is 2.99. The average molecular weight is 427 g/mol. The topological polar surface area (TPSA) is 52.7 Å². The minimum atomic E-state index is -0.466. The van der Waals surface area contributed by atoms with Crippen LogP contribution < -0.4 is 15.1 Å². The van der Waals surface area contributed by atoms with Crippen LogP contribution in [0.4, 0.5) is 21.5 Å². The van der Waals surface area contributed by atoms with Gasteiger partial charge in [-0.25, -0.2) is 9.29 Å². The van der Waals surface area contributed by atoms with E-state index in [4.69, 9.17) is 0 Å². The first-order valence-electron chi connectivity index (χ1n) is 10.7. The minimum absolute atomic E-state index is 0.135. The van der Waals surface area contributed by atoms with Crippen LogP contribution in [0.15, 0.2) is 84.6 Å². The number of halogens is 1. The lowest BCUT2D eigenvalue weighted by Gasteiger charge is -2.20. The van der Waals surface area contributed by atoms with Gasteiger partial charge in [0.15, 0.2) is 0 Å². The van der Waals surface area contributed by atoms with E-state index in [9.17, 15) is 14.0 Å². The van der Waals surface area contributed by atoms with Gasteiger partial charge in [0, 0.05) is 24.5 Å². The quantitative estimate of drug-likeness (QED) is 0.593. The molecule has 1 saturated heterocycles. The first-order valence-corrected chi connectivity index (χ1v) is 10.7. The van der Waals surface area contributed by atoms with E-state index in [0.717, 1.165) is 18.8 Å². The molecule has 0 aromatic heterocycles. The number of amides is 2.